The number of nitrogens with zero attached hydrogens (tertiary/aromatic N) is 2. The molecule has 4 rings (SSSR count). The summed E-state index contributed by atoms with van der Waals surface area (Å²) < 4.78 is 38.3. The first kappa shape index (κ1) is 19.2. The first-order valence-corrected chi connectivity index (χ1v) is 9.34. The van der Waals surface area contributed by atoms with Gasteiger partial charge in [0.2, 0.25) is 5.91 Å². The number of amides is 1. The van der Waals surface area contributed by atoms with Crippen molar-refractivity contribution in [2.75, 3.05) is 11.4 Å². The van der Waals surface area contributed by atoms with E-state index < -0.39 is 17.7 Å². The summed E-state index contributed by atoms with van der Waals surface area (Å²) in [5.41, 5.74) is 2.59. The molecule has 0 N–H and O–H groups in total. The smallest absolute Gasteiger partial charge is 0.312 e. The molecule has 1 aromatic heterocycles. The van der Waals surface area contributed by atoms with Crippen LogP contribution < -0.4 is 4.90 Å². The number of aromatic nitrogens is 1. The van der Waals surface area contributed by atoms with E-state index in [1.54, 1.807) is 17.3 Å². The Hall–Kier alpha value is -3.15. The molecular formula is C23H18F3N2O. The Kier molecular flexibility index (Phi) is 5.09. The number of hydrogen-bond donors (Lipinski definition) is 0. The molecule has 6 heteroatoms. The van der Waals surface area contributed by atoms with Crippen LogP contribution in [0.4, 0.5) is 18.9 Å². The number of alkyl halides is 3. The van der Waals surface area contributed by atoms with Gasteiger partial charge in [-0.15, -0.1) is 0 Å². The number of rotatable bonds is 3. The van der Waals surface area contributed by atoms with Crippen molar-refractivity contribution < 1.29 is 18.0 Å². The van der Waals surface area contributed by atoms with Crippen LogP contribution in [0.1, 0.15) is 29.9 Å². The Morgan fingerprint density at radius 1 is 0.966 bits per heavy atom. The van der Waals surface area contributed by atoms with Gasteiger partial charge in [0.05, 0.1) is 11.5 Å². The lowest BCUT2D eigenvalue weighted by Gasteiger charge is -2.32. The van der Waals surface area contributed by atoms with Gasteiger partial charge in [-0.1, -0.05) is 18.2 Å². The molecule has 3 nitrogen and oxygen atoms in total. The molecule has 29 heavy (non-hydrogen) atoms. The summed E-state index contributed by atoms with van der Waals surface area (Å²) in [6, 6.07) is 17.5. The van der Waals surface area contributed by atoms with Crippen LogP contribution in [0.15, 0.2) is 67.0 Å². The first-order chi connectivity index (χ1) is 13.9. The molecule has 1 amide bonds. The van der Waals surface area contributed by atoms with Crippen LogP contribution in [0.2, 0.25) is 0 Å². The minimum absolute atomic E-state index is 0.0962. The lowest BCUT2D eigenvalue weighted by atomic mass is 9.89. The highest BCUT2D eigenvalue weighted by molar-refractivity contribution is 5.99. The third kappa shape index (κ3) is 4.01. The van der Waals surface area contributed by atoms with E-state index in [-0.39, 0.29) is 5.91 Å². The largest absolute Gasteiger partial charge is 0.417 e. The molecule has 1 saturated heterocycles. The summed E-state index contributed by atoms with van der Waals surface area (Å²) in [4.78, 5) is 18.8. The zero-order chi connectivity index (χ0) is 20.4. The van der Waals surface area contributed by atoms with Crippen LogP contribution in [0.25, 0.3) is 11.1 Å². The second-order valence-electron chi connectivity index (χ2n) is 7.00. The van der Waals surface area contributed by atoms with E-state index >= 15 is 0 Å². The highest BCUT2D eigenvalue weighted by Crippen LogP contribution is 2.34. The van der Waals surface area contributed by atoms with E-state index in [4.69, 9.17) is 0 Å². The number of pyridine rings is 1. The SMILES string of the molecule is O=C1C(c2c[c]c(C(F)(F)F)cc2)CCCN1c1ccc(-c2ccncc2)cc1. The first-order valence-electron chi connectivity index (χ1n) is 9.34. The zero-order valence-corrected chi connectivity index (χ0v) is 15.5. The number of carbonyl (C=O) groups excluding carboxylic acids is 1. The van der Waals surface area contributed by atoms with Crippen molar-refractivity contribution in [3.63, 3.8) is 0 Å². The summed E-state index contributed by atoms with van der Waals surface area (Å²) in [6.45, 7) is 0.592. The highest BCUT2D eigenvalue weighted by atomic mass is 19.4. The molecule has 0 spiro atoms. The van der Waals surface area contributed by atoms with Gasteiger partial charge in [-0.05, 0) is 72.0 Å². The number of hydrogen-bond acceptors (Lipinski definition) is 2. The second-order valence-corrected chi connectivity index (χ2v) is 7.00. The number of halogens is 3. The van der Waals surface area contributed by atoms with Gasteiger partial charge in [0, 0.05) is 24.6 Å². The predicted octanol–water partition coefficient (Wildman–Crippen LogP) is 5.48. The van der Waals surface area contributed by atoms with E-state index in [9.17, 15) is 18.0 Å². The van der Waals surface area contributed by atoms with Crippen LogP contribution in [0.3, 0.4) is 0 Å². The molecule has 1 aliphatic heterocycles. The molecule has 1 unspecified atom stereocenters. The van der Waals surface area contributed by atoms with E-state index in [2.05, 4.69) is 11.1 Å². The summed E-state index contributed by atoms with van der Waals surface area (Å²) in [5, 5.41) is 0. The number of carbonyl (C=O) groups is 1. The Labute approximate surface area is 166 Å². The molecule has 0 aliphatic carbocycles. The maximum atomic E-state index is 13.0. The molecule has 147 valence electrons. The fourth-order valence-electron chi connectivity index (χ4n) is 3.65. The van der Waals surface area contributed by atoms with Crippen molar-refractivity contribution >= 4 is 11.6 Å². The predicted molar refractivity (Wildman–Crippen MR) is 104 cm³/mol. The number of benzene rings is 2. The van der Waals surface area contributed by atoms with Crippen LogP contribution in [0, 0.1) is 6.07 Å². The monoisotopic (exact) mass is 395 g/mol. The van der Waals surface area contributed by atoms with Crippen molar-refractivity contribution in [1.29, 1.82) is 0 Å². The van der Waals surface area contributed by atoms with E-state index in [1.165, 1.54) is 12.1 Å². The van der Waals surface area contributed by atoms with Crippen LogP contribution in [-0.4, -0.2) is 17.4 Å². The highest BCUT2D eigenvalue weighted by Gasteiger charge is 2.33. The van der Waals surface area contributed by atoms with Crippen molar-refractivity contribution in [3.05, 3.63) is 84.2 Å². The van der Waals surface area contributed by atoms with Gasteiger partial charge < -0.3 is 4.90 Å². The molecule has 2 heterocycles. The quantitative estimate of drug-likeness (QED) is 0.589. The van der Waals surface area contributed by atoms with Gasteiger partial charge in [0.1, 0.15) is 0 Å². The van der Waals surface area contributed by atoms with Gasteiger partial charge >= 0.3 is 6.18 Å². The van der Waals surface area contributed by atoms with Crippen molar-refractivity contribution in [2.45, 2.75) is 24.9 Å². The van der Waals surface area contributed by atoms with Gasteiger partial charge in [0.15, 0.2) is 0 Å². The molecule has 0 bridgehead atoms. The van der Waals surface area contributed by atoms with Gasteiger partial charge in [-0.2, -0.15) is 13.2 Å². The third-order valence-corrected chi connectivity index (χ3v) is 5.18. The molecule has 2 aromatic carbocycles. The standard InChI is InChI=1S/C23H18F3N2O/c24-23(25,26)19-7-3-18(4-8-19)21-2-1-15-28(22(21)29)20-9-5-16(6-10-20)17-11-13-27-14-12-17/h3-7,9-14,21H,1-2,15H2. The van der Waals surface area contributed by atoms with Crippen molar-refractivity contribution in [2.24, 2.45) is 0 Å². The fourth-order valence-corrected chi connectivity index (χ4v) is 3.65. The van der Waals surface area contributed by atoms with Crippen LogP contribution in [-0.2, 0) is 11.0 Å². The molecule has 0 saturated carbocycles. The minimum atomic E-state index is -4.43. The van der Waals surface area contributed by atoms with E-state index in [0.717, 1.165) is 29.3 Å². The molecule has 1 fully saturated rings. The van der Waals surface area contributed by atoms with Crippen molar-refractivity contribution in [3.8, 4) is 11.1 Å². The summed E-state index contributed by atoms with van der Waals surface area (Å²) >= 11 is 0. The summed E-state index contributed by atoms with van der Waals surface area (Å²) in [5.74, 6) is -0.553. The fraction of sp³-hybridized carbons (Fsp3) is 0.217. The molecule has 3 aromatic rings. The maximum Gasteiger partial charge on any atom is 0.417 e. The maximum absolute atomic E-state index is 13.0. The van der Waals surface area contributed by atoms with Gasteiger partial charge in [-0.25, -0.2) is 0 Å². The van der Waals surface area contributed by atoms with Crippen LogP contribution in [0.5, 0.6) is 0 Å². The number of piperidine rings is 1. The lowest BCUT2D eigenvalue weighted by Crippen LogP contribution is -2.40. The third-order valence-electron chi connectivity index (χ3n) is 5.18. The molecule has 1 radical (unpaired) electrons. The zero-order valence-electron chi connectivity index (χ0n) is 15.5. The second kappa shape index (κ2) is 7.70. The van der Waals surface area contributed by atoms with E-state index in [0.29, 0.717) is 18.5 Å². The average molecular weight is 395 g/mol. The van der Waals surface area contributed by atoms with Crippen molar-refractivity contribution in [1.82, 2.24) is 4.98 Å². The Balaban J connectivity index is 1.54. The molecular weight excluding hydrogens is 377 g/mol. The van der Waals surface area contributed by atoms with E-state index in [1.807, 2.05) is 36.4 Å². The minimum Gasteiger partial charge on any atom is -0.312 e. The summed E-state index contributed by atoms with van der Waals surface area (Å²) in [6.07, 6.45) is 0.414. The summed E-state index contributed by atoms with van der Waals surface area (Å²) in [7, 11) is 0. The average Bonchev–Trinajstić information content (AvgIpc) is 2.74. The normalized spacial score (nSPS) is 17.4. The number of anilines is 1. The molecule has 1 aliphatic rings. The topological polar surface area (TPSA) is 33.2 Å². The Bertz CT molecular complexity index is 983. The van der Waals surface area contributed by atoms with Crippen LogP contribution >= 0.6 is 0 Å². The Morgan fingerprint density at radius 2 is 1.66 bits per heavy atom. The lowest BCUT2D eigenvalue weighted by molar-refractivity contribution is -0.137. The van der Waals surface area contributed by atoms with Gasteiger partial charge in [0.25, 0.3) is 0 Å². The molecule has 1 atom stereocenters. The van der Waals surface area contributed by atoms with Gasteiger partial charge in [-0.3, -0.25) is 9.78 Å². The Morgan fingerprint density at radius 3 is 2.28 bits per heavy atom.